The number of nitrogens with two attached hydrogens (primary N) is 1. The molecule has 1 aliphatic heterocycles. The lowest BCUT2D eigenvalue weighted by Crippen LogP contribution is -2.81. The highest BCUT2D eigenvalue weighted by atomic mass is 35.5. The van der Waals surface area contributed by atoms with Crippen LogP contribution in [0.15, 0.2) is 24.3 Å². The van der Waals surface area contributed by atoms with Crippen LogP contribution in [0.25, 0.3) is 0 Å². The van der Waals surface area contributed by atoms with Crippen LogP contribution in [0, 0.1) is 11.3 Å². The Morgan fingerprint density at radius 2 is 2.04 bits per heavy atom. The molecule has 3 unspecified atom stereocenters. The van der Waals surface area contributed by atoms with Crippen molar-refractivity contribution in [3.05, 3.63) is 24.3 Å². The topological polar surface area (TPSA) is 73.6 Å². The van der Waals surface area contributed by atoms with E-state index in [-0.39, 0.29) is 35.8 Å². The van der Waals surface area contributed by atoms with Crippen molar-refractivity contribution >= 4 is 24.0 Å². The summed E-state index contributed by atoms with van der Waals surface area (Å²) in [6.45, 7) is 7.37. The van der Waals surface area contributed by atoms with E-state index in [9.17, 15) is 4.79 Å². The van der Waals surface area contributed by atoms with Crippen LogP contribution in [-0.2, 0) is 9.53 Å². The molecule has 0 aromatic heterocycles. The van der Waals surface area contributed by atoms with E-state index in [1.54, 1.807) is 0 Å². The van der Waals surface area contributed by atoms with Gasteiger partial charge in [0, 0.05) is 23.6 Å². The number of rotatable bonds is 4. The number of carbonyl (C=O) groups excluding carboxylic acids is 1. The molecule has 2 fully saturated rings. The van der Waals surface area contributed by atoms with E-state index in [0.29, 0.717) is 6.61 Å². The third kappa shape index (κ3) is 2.79. The molecule has 6 heteroatoms. The molecule has 134 valence electrons. The average Bonchev–Trinajstić information content (AvgIpc) is 2.56. The summed E-state index contributed by atoms with van der Waals surface area (Å²) in [5, 5.41) is 2.97. The molecule has 0 radical (unpaired) electrons. The zero-order valence-corrected chi connectivity index (χ0v) is 15.3. The van der Waals surface area contributed by atoms with Crippen molar-refractivity contribution in [2.24, 2.45) is 17.1 Å². The summed E-state index contributed by atoms with van der Waals surface area (Å²) in [4.78, 5) is 12.9. The first-order valence-electron chi connectivity index (χ1n) is 8.36. The van der Waals surface area contributed by atoms with Gasteiger partial charge >= 0.3 is 0 Å². The molecule has 3 rings (SSSR count). The minimum Gasteiger partial charge on any atom is -0.494 e. The highest BCUT2D eigenvalue weighted by Crippen LogP contribution is 2.57. The second kappa shape index (κ2) is 6.90. The molecular weight excluding hydrogens is 328 g/mol. The van der Waals surface area contributed by atoms with Gasteiger partial charge in [-0.3, -0.25) is 4.79 Å². The Morgan fingerprint density at radius 3 is 2.67 bits per heavy atom. The molecule has 0 spiro atoms. The molecule has 0 bridgehead atoms. The second-order valence-electron chi connectivity index (χ2n) is 7.04. The summed E-state index contributed by atoms with van der Waals surface area (Å²) in [5.41, 5.74) is 6.06. The standard InChI is InChI=1S/C18H26N2O3.ClH/c1-4-22-13-9-7-12(8-10-13)20-16(21)18(19)14-6-5-11-23-15(14)17(18,2)3;/h7-10,14-15H,4-6,11,19H2,1-3H3,(H,20,21);1H. The normalized spacial score (nSPS) is 30.3. The third-order valence-corrected chi connectivity index (χ3v) is 5.48. The Bertz CT molecular complexity index is 590. The van der Waals surface area contributed by atoms with E-state index in [1.807, 2.05) is 45.0 Å². The Balaban J connectivity index is 0.00000208. The van der Waals surface area contributed by atoms with Crippen molar-refractivity contribution in [3.63, 3.8) is 0 Å². The van der Waals surface area contributed by atoms with Crippen molar-refractivity contribution in [1.82, 2.24) is 0 Å². The first-order chi connectivity index (χ1) is 10.9. The first kappa shape index (κ1) is 19.0. The molecule has 1 amide bonds. The number of fused-ring (bicyclic) bond motifs is 1. The zero-order chi connectivity index (χ0) is 16.7. The molecule has 3 atom stereocenters. The van der Waals surface area contributed by atoms with Gasteiger partial charge in [0.05, 0.1) is 12.7 Å². The van der Waals surface area contributed by atoms with E-state index in [0.717, 1.165) is 30.9 Å². The molecule has 1 saturated heterocycles. The predicted molar refractivity (Wildman–Crippen MR) is 96.7 cm³/mol. The molecule has 1 aliphatic carbocycles. The molecule has 1 heterocycles. The number of amides is 1. The van der Waals surface area contributed by atoms with Crippen LogP contribution >= 0.6 is 12.4 Å². The number of anilines is 1. The van der Waals surface area contributed by atoms with Gasteiger partial charge in [-0.1, -0.05) is 13.8 Å². The summed E-state index contributed by atoms with van der Waals surface area (Å²) < 4.78 is 11.3. The van der Waals surface area contributed by atoms with Gasteiger partial charge in [-0.05, 0) is 44.0 Å². The summed E-state index contributed by atoms with van der Waals surface area (Å²) in [6, 6.07) is 7.38. The Kier molecular flexibility index (Phi) is 5.47. The Morgan fingerprint density at radius 1 is 1.38 bits per heavy atom. The number of nitrogens with one attached hydrogen (secondary N) is 1. The van der Waals surface area contributed by atoms with Crippen molar-refractivity contribution in [2.75, 3.05) is 18.5 Å². The van der Waals surface area contributed by atoms with E-state index < -0.39 is 5.54 Å². The fourth-order valence-corrected chi connectivity index (χ4v) is 4.07. The van der Waals surface area contributed by atoms with Gasteiger partial charge in [0.25, 0.3) is 0 Å². The molecule has 3 N–H and O–H groups in total. The van der Waals surface area contributed by atoms with Crippen LogP contribution < -0.4 is 15.8 Å². The quantitative estimate of drug-likeness (QED) is 0.871. The summed E-state index contributed by atoms with van der Waals surface area (Å²) in [6.07, 6.45) is 1.99. The van der Waals surface area contributed by atoms with E-state index in [4.69, 9.17) is 15.2 Å². The lowest BCUT2D eigenvalue weighted by molar-refractivity contribution is -0.222. The van der Waals surface area contributed by atoms with Crippen molar-refractivity contribution in [3.8, 4) is 5.75 Å². The maximum Gasteiger partial charge on any atom is 0.245 e. The average molecular weight is 355 g/mol. The molecule has 1 aromatic carbocycles. The van der Waals surface area contributed by atoms with Gasteiger partial charge in [0.2, 0.25) is 5.91 Å². The maximum absolute atomic E-state index is 12.9. The number of hydrogen-bond acceptors (Lipinski definition) is 4. The molecule has 2 aliphatic rings. The number of carbonyl (C=O) groups is 1. The van der Waals surface area contributed by atoms with Crippen molar-refractivity contribution < 1.29 is 14.3 Å². The number of halogens is 1. The lowest BCUT2D eigenvalue weighted by Gasteiger charge is -2.65. The van der Waals surface area contributed by atoms with Gasteiger partial charge in [0.1, 0.15) is 11.3 Å². The van der Waals surface area contributed by atoms with Gasteiger partial charge < -0.3 is 20.5 Å². The zero-order valence-electron chi connectivity index (χ0n) is 14.5. The van der Waals surface area contributed by atoms with Crippen molar-refractivity contribution in [2.45, 2.75) is 45.3 Å². The fourth-order valence-electron chi connectivity index (χ4n) is 4.07. The highest BCUT2D eigenvalue weighted by molar-refractivity contribution is 6.00. The molecule has 1 aromatic rings. The first-order valence-corrected chi connectivity index (χ1v) is 8.36. The Hall–Kier alpha value is -1.30. The van der Waals surface area contributed by atoms with E-state index in [2.05, 4.69) is 5.32 Å². The number of hydrogen-bond donors (Lipinski definition) is 2. The smallest absolute Gasteiger partial charge is 0.245 e. The van der Waals surface area contributed by atoms with Crippen LogP contribution in [0.5, 0.6) is 5.75 Å². The minimum atomic E-state index is -0.892. The van der Waals surface area contributed by atoms with Crippen molar-refractivity contribution in [1.29, 1.82) is 0 Å². The second-order valence-corrected chi connectivity index (χ2v) is 7.04. The van der Waals surface area contributed by atoms with Crippen LogP contribution in [0.1, 0.15) is 33.6 Å². The molecular formula is C18H27ClN2O3. The van der Waals surface area contributed by atoms with Crippen LogP contribution in [0.3, 0.4) is 0 Å². The summed E-state index contributed by atoms with van der Waals surface area (Å²) in [7, 11) is 0. The van der Waals surface area contributed by atoms with Gasteiger partial charge in [-0.2, -0.15) is 0 Å². The van der Waals surface area contributed by atoms with Crippen LogP contribution in [-0.4, -0.2) is 30.8 Å². The number of benzene rings is 1. The molecule has 5 nitrogen and oxygen atoms in total. The van der Waals surface area contributed by atoms with E-state index >= 15 is 0 Å². The minimum absolute atomic E-state index is 0. The third-order valence-electron chi connectivity index (χ3n) is 5.48. The molecule has 24 heavy (non-hydrogen) atoms. The van der Waals surface area contributed by atoms with E-state index in [1.165, 1.54) is 0 Å². The van der Waals surface area contributed by atoms with Gasteiger partial charge in [-0.15, -0.1) is 12.4 Å². The largest absolute Gasteiger partial charge is 0.494 e. The SMILES string of the molecule is CCOc1ccc(NC(=O)C2(N)C3CCCOC3C2(C)C)cc1.Cl. The summed E-state index contributed by atoms with van der Waals surface area (Å²) >= 11 is 0. The lowest BCUT2D eigenvalue weighted by atomic mass is 9.46. The van der Waals surface area contributed by atoms with Crippen LogP contribution in [0.4, 0.5) is 5.69 Å². The maximum atomic E-state index is 12.9. The monoisotopic (exact) mass is 354 g/mol. The molecule has 1 saturated carbocycles. The van der Waals surface area contributed by atoms with Gasteiger partial charge in [0.15, 0.2) is 0 Å². The van der Waals surface area contributed by atoms with Gasteiger partial charge in [-0.25, -0.2) is 0 Å². The van der Waals surface area contributed by atoms with Crippen LogP contribution in [0.2, 0.25) is 0 Å². The fraction of sp³-hybridized carbons (Fsp3) is 0.611. The number of ether oxygens (including phenoxy) is 2. The highest BCUT2D eigenvalue weighted by Gasteiger charge is 2.70. The Labute approximate surface area is 149 Å². The predicted octanol–water partition coefficient (Wildman–Crippen LogP) is 2.98. The summed E-state index contributed by atoms with van der Waals surface area (Å²) in [5.74, 6) is 0.755.